The molecule has 2 aromatic carbocycles. The minimum atomic E-state index is -0.604. The number of hydrogen-bond donors (Lipinski definition) is 0. The Hall–Kier alpha value is -1.95. The smallest absolute Gasteiger partial charge is 0.282 e. The number of carbonyl (C=O) groups excluding carboxylic acids is 1. The average molecular weight is 409 g/mol. The van der Waals surface area contributed by atoms with Crippen LogP contribution < -0.4 is 4.80 Å². The SMILES string of the molecule is CCn1c(-c2ccc(Cl)c(Cl)c2)c(C)sc1=NC(=O)c1ccccc1F. The lowest BCUT2D eigenvalue weighted by Crippen LogP contribution is -2.17. The van der Waals surface area contributed by atoms with Crippen LogP contribution >= 0.6 is 34.5 Å². The molecule has 0 aliphatic carbocycles. The summed E-state index contributed by atoms with van der Waals surface area (Å²) in [6.07, 6.45) is 0. The molecule has 1 heterocycles. The van der Waals surface area contributed by atoms with Crippen molar-refractivity contribution in [2.24, 2.45) is 4.99 Å². The molecule has 0 radical (unpaired) electrons. The summed E-state index contributed by atoms with van der Waals surface area (Å²) in [5.74, 6) is -1.19. The number of hydrogen-bond acceptors (Lipinski definition) is 2. The van der Waals surface area contributed by atoms with E-state index in [1.54, 1.807) is 18.2 Å². The van der Waals surface area contributed by atoms with E-state index in [9.17, 15) is 9.18 Å². The minimum absolute atomic E-state index is 0.0442. The number of aryl methyl sites for hydroxylation is 1. The van der Waals surface area contributed by atoms with Crippen molar-refractivity contribution in [3.8, 4) is 11.3 Å². The van der Waals surface area contributed by atoms with Crippen LogP contribution in [0.15, 0.2) is 47.5 Å². The van der Waals surface area contributed by atoms with Gasteiger partial charge in [-0.3, -0.25) is 4.79 Å². The summed E-state index contributed by atoms with van der Waals surface area (Å²) in [6.45, 7) is 4.50. The lowest BCUT2D eigenvalue weighted by atomic mass is 10.1. The van der Waals surface area contributed by atoms with Gasteiger partial charge in [0.25, 0.3) is 5.91 Å². The molecule has 0 atom stereocenters. The molecule has 0 saturated carbocycles. The van der Waals surface area contributed by atoms with Gasteiger partial charge in [0.05, 0.1) is 21.3 Å². The van der Waals surface area contributed by atoms with Gasteiger partial charge in [-0.1, -0.05) is 41.4 Å². The van der Waals surface area contributed by atoms with E-state index in [1.165, 1.54) is 29.5 Å². The Morgan fingerprint density at radius 1 is 1.19 bits per heavy atom. The molecule has 0 spiro atoms. The number of carbonyl (C=O) groups is 1. The van der Waals surface area contributed by atoms with Crippen LogP contribution in [0.3, 0.4) is 0 Å². The van der Waals surface area contributed by atoms with E-state index < -0.39 is 11.7 Å². The number of thiazole rings is 1. The molecule has 1 amide bonds. The van der Waals surface area contributed by atoms with E-state index in [0.717, 1.165) is 16.1 Å². The first-order valence-electron chi connectivity index (χ1n) is 7.91. The number of amides is 1. The van der Waals surface area contributed by atoms with Crippen LogP contribution in [-0.2, 0) is 6.54 Å². The zero-order valence-electron chi connectivity index (χ0n) is 14.1. The lowest BCUT2D eigenvalue weighted by molar-refractivity contribution is 0.0994. The third kappa shape index (κ3) is 3.61. The first-order chi connectivity index (χ1) is 12.4. The van der Waals surface area contributed by atoms with Crippen molar-refractivity contribution in [2.75, 3.05) is 0 Å². The quantitative estimate of drug-likeness (QED) is 0.544. The van der Waals surface area contributed by atoms with E-state index in [-0.39, 0.29) is 5.56 Å². The fourth-order valence-corrected chi connectivity index (χ4v) is 4.04. The molecule has 0 saturated heterocycles. The number of halogens is 3. The largest absolute Gasteiger partial charge is 0.316 e. The third-order valence-corrected chi connectivity index (χ3v) is 5.62. The summed E-state index contributed by atoms with van der Waals surface area (Å²) < 4.78 is 15.8. The van der Waals surface area contributed by atoms with Gasteiger partial charge in [0, 0.05) is 17.0 Å². The van der Waals surface area contributed by atoms with Gasteiger partial charge in [-0.05, 0) is 38.1 Å². The van der Waals surface area contributed by atoms with E-state index >= 15 is 0 Å². The molecule has 7 heteroatoms. The molecule has 0 fully saturated rings. The Bertz CT molecular complexity index is 1060. The Kier molecular flexibility index (Phi) is 5.61. The van der Waals surface area contributed by atoms with Crippen molar-refractivity contribution in [3.05, 3.63) is 73.6 Å². The van der Waals surface area contributed by atoms with Gasteiger partial charge in [-0.15, -0.1) is 11.3 Å². The van der Waals surface area contributed by atoms with Gasteiger partial charge in [0.2, 0.25) is 0 Å². The molecular formula is C19H15Cl2FN2OS. The van der Waals surface area contributed by atoms with Gasteiger partial charge in [0.15, 0.2) is 4.80 Å². The van der Waals surface area contributed by atoms with E-state index in [0.29, 0.717) is 21.4 Å². The molecule has 0 aliphatic rings. The van der Waals surface area contributed by atoms with E-state index in [4.69, 9.17) is 23.2 Å². The van der Waals surface area contributed by atoms with E-state index in [1.807, 2.05) is 24.5 Å². The highest BCUT2D eigenvalue weighted by Crippen LogP contribution is 2.31. The average Bonchev–Trinajstić information content (AvgIpc) is 2.92. The Balaban J connectivity index is 2.14. The molecule has 3 aromatic rings. The van der Waals surface area contributed by atoms with Crippen molar-refractivity contribution >= 4 is 40.4 Å². The van der Waals surface area contributed by atoms with E-state index in [2.05, 4.69) is 4.99 Å². The van der Waals surface area contributed by atoms with Crippen LogP contribution in [0.4, 0.5) is 4.39 Å². The Morgan fingerprint density at radius 2 is 1.92 bits per heavy atom. The molecule has 0 bridgehead atoms. The number of nitrogens with zero attached hydrogens (tertiary/aromatic N) is 2. The summed E-state index contributed by atoms with van der Waals surface area (Å²) in [6, 6.07) is 11.2. The standard InChI is InChI=1S/C19H15Cl2FN2OS/c1-3-24-17(12-8-9-14(20)15(21)10-12)11(2)26-19(24)23-18(25)13-6-4-5-7-16(13)22/h4-10H,3H2,1-2H3. The normalized spacial score (nSPS) is 11.8. The monoisotopic (exact) mass is 408 g/mol. The molecule has 3 rings (SSSR count). The molecule has 1 aromatic heterocycles. The minimum Gasteiger partial charge on any atom is -0.316 e. The highest BCUT2D eigenvalue weighted by Gasteiger charge is 2.15. The van der Waals surface area contributed by atoms with Gasteiger partial charge < -0.3 is 4.57 Å². The second-order valence-electron chi connectivity index (χ2n) is 5.56. The molecule has 0 unspecified atom stereocenters. The van der Waals surface area contributed by atoms with Crippen molar-refractivity contribution < 1.29 is 9.18 Å². The zero-order valence-corrected chi connectivity index (χ0v) is 16.4. The van der Waals surface area contributed by atoms with Crippen LogP contribution in [0.25, 0.3) is 11.3 Å². The van der Waals surface area contributed by atoms with Gasteiger partial charge in [0.1, 0.15) is 5.82 Å². The fraction of sp³-hybridized carbons (Fsp3) is 0.158. The Labute approximate surface area is 164 Å². The van der Waals surface area contributed by atoms with Crippen molar-refractivity contribution in [3.63, 3.8) is 0 Å². The van der Waals surface area contributed by atoms with Gasteiger partial charge >= 0.3 is 0 Å². The topological polar surface area (TPSA) is 34.4 Å². The third-order valence-electron chi connectivity index (χ3n) is 3.89. The summed E-state index contributed by atoms with van der Waals surface area (Å²) >= 11 is 13.5. The van der Waals surface area contributed by atoms with Crippen molar-refractivity contribution in [2.45, 2.75) is 20.4 Å². The van der Waals surface area contributed by atoms with Crippen LogP contribution in [0, 0.1) is 12.7 Å². The summed E-state index contributed by atoms with van der Waals surface area (Å²) in [4.78, 5) is 18.0. The fourth-order valence-electron chi connectivity index (χ4n) is 2.69. The molecule has 0 aliphatic heterocycles. The summed E-state index contributed by atoms with van der Waals surface area (Å²) in [7, 11) is 0. The second-order valence-corrected chi connectivity index (χ2v) is 7.56. The van der Waals surface area contributed by atoms with Crippen LogP contribution in [0.2, 0.25) is 10.0 Å². The highest BCUT2D eigenvalue weighted by molar-refractivity contribution is 7.09. The molecule has 3 nitrogen and oxygen atoms in total. The maximum Gasteiger partial charge on any atom is 0.282 e. The first-order valence-corrected chi connectivity index (χ1v) is 9.48. The number of rotatable bonds is 3. The molecule has 26 heavy (non-hydrogen) atoms. The van der Waals surface area contributed by atoms with Gasteiger partial charge in [-0.25, -0.2) is 4.39 Å². The molecule has 134 valence electrons. The first kappa shape index (κ1) is 18.8. The lowest BCUT2D eigenvalue weighted by Gasteiger charge is -2.08. The number of aromatic nitrogens is 1. The Morgan fingerprint density at radius 3 is 2.58 bits per heavy atom. The molecular weight excluding hydrogens is 394 g/mol. The summed E-state index contributed by atoms with van der Waals surface area (Å²) in [5, 5.41) is 0.935. The van der Waals surface area contributed by atoms with Crippen LogP contribution in [0.1, 0.15) is 22.2 Å². The molecule has 0 N–H and O–H groups in total. The maximum absolute atomic E-state index is 13.8. The second kappa shape index (κ2) is 7.74. The predicted molar refractivity (Wildman–Crippen MR) is 104 cm³/mol. The summed E-state index contributed by atoms with van der Waals surface area (Å²) in [5.41, 5.74) is 1.75. The van der Waals surface area contributed by atoms with Crippen LogP contribution in [0.5, 0.6) is 0 Å². The van der Waals surface area contributed by atoms with Crippen LogP contribution in [-0.4, -0.2) is 10.5 Å². The number of benzene rings is 2. The predicted octanol–water partition coefficient (Wildman–Crippen LogP) is 5.73. The maximum atomic E-state index is 13.8. The van der Waals surface area contributed by atoms with Crippen molar-refractivity contribution in [1.82, 2.24) is 4.57 Å². The van der Waals surface area contributed by atoms with Crippen molar-refractivity contribution in [1.29, 1.82) is 0 Å². The van der Waals surface area contributed by atoms with Gasteiger partial charge in [-0.2, -0.15) is 4.99 Å². The highest BCUT2D eigenvalue weighted by atomic mass is 35.5. The zero-order chi connectivity index (χ0) is 18.8.